The zero-order chi connectivity index (χ0) is 11.8. The van der Waals surface area contributed by atoms with E-state index >= 15 is 0 Å². The minimum Gasteiger partial charge on any atom is -0.388 e. The maximum Gasteiger partial charge on any atom is 0.123 e. The molecule has 2 N–H and O–H groups in total. The SMILES string of the molecule is OC(c1cccc(F)c1)C1CC2CCC(C1)N2. The molecule has 2 aliphatic heterocycles. The van der Waals surface area contributed by atoms with Crippen molar-refractivity contribution in [3.63, 3.8) is 0 Å². The first-order chi connectivity index (χ1) is 8.22. The molecule has 0 amide bonds. The number of hydrogen-bond donors (Lipinski definition) is 2. The Kier molecular flexibility index (Phi) is 2.89. The number of aliphatic hydroxyl groups is 1. The number of piperidine rings is 1. The fourth-order valence-corrected chi connectivity index (χ4v) is 3.32. The summed E-state index contributed by atoms with van der Waals surface area (Å²) in [5.74, 6) is 0.00834. The molecule has 0 spiro atoms. The monoisotopic (exact) mass is 235 g/mol. The van der Waals surface area contributed by atoms with Crippen molar-refractivity contribution in [2.45, 2.75) is 43.9 Å². The van der Waals surface area contributed by atoms with Crippen LogP contribution in [0, 0.1) is 11.7 Å². The van der Waals surface area contributed by atoms with E-state index in [-0.39, 0.29) is 11.7 Å². The van der Waals surface area contributed by atoms with Crippen LogP contribution in [0.5, 0.6) is 0 Å². The van der Waals surface area contributed by atoms with Gasteiger partial charge < -0.3 is 10.4 Å². The van der Waals surface area contributed by atoms with Gasteiger partial charge in [-0.3, -0.25) is 0 Å². The molecule has 2 aliphatic rings. The van der Waals surface area contributed by atoms with Crippen LogP contribution in [0.3, 0.4) is 0 Å². The van der Waals surface area contributed by atoms with Crippen molar-refractivity contribution < 1.29 is 9.50 Å². The lowest BCUT2D eigenvalue weighted by molar-refractivity contribution is 0.0758. The first-order valence-corrected chi connectivity index (χ1v) is 6.42. The third-order valence-electron chi connectivity index (χ3n) is 4.15. The topological polar surface area (TPSA) is 32.3 Å². The minimum absolute atomic E-state index is 0.265. The lowest BCUT2D eigenvalue weighted by atomic mass is 9.84. The molecule has 2 saturated heterocycles. The first kappa shape index (κ1) is 11.2. The second kappa shape index (κ2) is 4.39. The van der Waals surface area contributed by atoms with E-state index in [4.69, 9.17) is 0 Å². The zero-order valence-corrected chi connectivity index (χ0v) is 9.77. The Bertz CT molecular complexity index is 397. The second-order valence-corrected chi connectivity index (χ2v) is 5.37. The highest BCUT2D eigenvalue weighted by Crippen LogP contribution is 2.38. The molecule has 3 rings (SSSR count). The second-order valence-electron chi connectivity index (χ2n) is 5.37. The van der Waals surface area contributed by atoms with E-state index in [1.54, 1.807) is 6.07 Å². The van der Waals surface area contributed by atoms with Gasteiger partial charge in [0.2, 0.25) is 0 Å². The summed E-state index contributed by atoms with van der Waals surface area (Å²) < 4.78 is 13.1. The summed E-state index contributed by atoms with van der Waals surface area (Å²) in [4.78, 5) is 0. The maximum absolute atomic E-state index is 13.1. The number of halogens is 1. The molecule has 3 heteroatoms. The summed E-state index contributed by atoms with van der Waals surface area (Å²) in [7, 11) is 0. The normalized spacial score (nSPS) is 33.6. The van der Waals surface area contributed by atoms with E-state index in [1.807, 2.05) is 6.07 Å². The van der Waals surface area contributed by atoms with E-state index in [9.17, 15) is 9.50 Å². The molecule has 2 heterocycles. The Morgan fingerprint density at radius 1 is 1.24 bits per heavy atom. The lowest BCUT2D eigenvalue weighted by Gasteiger charge is -2.32. The highest BCUT2D eigenvalue weighted by molar-refractivity contribution is 5.20. The molecule has 17 heavy (non-hydrogen) atoms. The summed E-state index contributed by atoms with van der Waals surface area (Å²) in [6.45, 7) is 0. The van der Waals surface area contributed by atoms with Gasteiger partial charge in [-0.1, -0.05) is 12.1 Å². The average Bonchev–Trinajstić information content (AvgIpc) is 2.67. The largest absolute Gasteiger partial charge is 0.388 e. The van der Waals surface area contributed by atoms with Crippen LogP contribution in [-0.4, -0.2) is 17.2 Å². The zero-order valence-electron chi connectivity index (χ0n) is 9.77. The van der Waals surface area contributed by atoms with Gasteiger partial charge in [-0.15, -0.1) is 0 Å². The lowest BCUT2D eigenvalue weighted by Crippen LogP contribution is -2.39. The molecule has 2 bridgehead atoms. The summed E-state index contributed by atoms with van der Waals surface area (Å²) in [5.41, 5.74) is 0.719. The average molecular weight is 235 g/mol. The fourth-order valence-electron chi connectivity index (χ4n) is 3.32. The van der Waals surface area contributed by atoms with E-state index in [2.05, 4.69) is 5.32 Å². The van der Waals surface area contributed by atoms with Crippen LogP contribution in [0.25, 0.3) is 0 Å². The molecular weight excluding hydrogens is 217 g/mol. The van der Waals surface area contributed by atoms with Crippen molar-refractivity contribution in [1.29, 1.82) is 0 Å². The predicted octanol–water partition coefficient (Wildman–Crippen LogP) is 2.39. The molecule has 2 nitrogen and oxygen atoms in total. The Labute approximate surface area is 101 Å². The van der Waals surface area contributed by atoms with Crippen LogP contribution in [0.15, 0.2) is 24.3 Å². The van der Waals surface area contributed by atoms with Crippen molar-refractivity contribution in [3.8, 4) is 0 Å². The molecule has 0 aromatic heterocycles. The highest BCUT2D eigenvalue weighted by Gasteiger charge is 2.36. The van der Waals surface area contributed by atoms with Gasteiger partial charge in [-0.25, -0.2) is 4.39 Å². The molecule has 3 unspecified atom stereocenters. The quantitative estimate of drug-likeness (QED) is 0.825. The summed E-state index contributed by atoms with van der Waals surface area (Å²) in [6.07, 6.45) is 3.94. The Balaban J connectivity index is 1.76. The van der Waals surface area contributed by atoms with Gasteiger partial charge in [0.05, 0.1) is 6.10 Å². The maximum atomic E-state index is 13.1. The first-order valence-electron chi connectivity index (χ1n) is 6.42. The summed E-state index contributed by atoms with van der Waals surface area (Å²) in [6, 6.07) is 7.47. The number of nitrogens with one attached hydrogen (secondary N) is 1. The van der Waals surface area contributed by atoms with Crippen LogP contribution in [0.2, 0.25) is 0 Å². The van der Waals surface area contributed by atoms with Crippen LogP contribution >= 0.6 is 0 Å². The third kappa shape index (κ3) is 2.22. The molecule has 2 fully saturated rings. The van der Waals surface area contributed by atoms with E-state index in [0.29, 0.717) is 12.1 Å². The van der Waals surface area contributed by atoms with Gasteiger partial charge in [-0.05, 0) is 49.3 Å². The van der Waals surface area contributed by atoms with Crippen molar-refractivity contribution in [3.05, 3.63) is 35.6 Å². The van der Waals surface area contributed by atoms with Crippen molar-refractivity contribution in [2.24, 2.45) is 5.92 Å². The number of fused-ring (bicyclic) bond motifs is 2. The van der Waals surface area contributed by atoms with Crippen LogP contribution in [-0.2, 0) is 0 Å². The van der Waals surface area contributed by atoms with Crippen molar-refractivity contribution in [2.75, 3.05) is 0 Å². The minimum atomic E-state index is -0.518. The third-order valence-corrected chi connectivity index (χ3v) is 4.15. The van der Waals surface area contributed by atoms with Gasteiger partial charge in [0, 0.05) is 12.1 Å². The molecule has 0 aliphatic carbocycles. The van der Waals surface area contributed by atoms with Gasteiger partial charge in [0.15, 0.2) is 0 Å². The fraction of sp³-hybridized carbons (Fsp3) is 0.571. The molecule has 0 radical (unpaired) electrons. The Morgan fingerprint density at radius 3 is 2.59 bits per heavy atom. The van der Waals surface area contributed by atoms with E-state index < -0.39 is 6.10 Å². The number of aliphatic hydroxyl groups excluding tert-OH is 1. The Hall–Kier alpha value is -0.930. The molecule has 1 aromatic carbocycles. The molecular formula is C14H18FNO. The molecule has 1 aromatic rings. The van der Waals surface area contributed by atoms with Gasteiger partial charge in [0.25, 0.3) is 0 Å². The molecule has 3 atom stereocenters. The summed E-state index contributed by atoms with van der Waals surface area (Å²) in [5, 5.41) is 13.9. The number of rotatable bonds is 2. The number of benzene rings is 1. The Morgan fingerprint density at radius 2 is 1.94 bits per heavy atom. The number of hydrogen-bond acceptors (Lipinski definition) is 2. The van der Waals surface area contributed by atoms with Gasteiger partial charge in [0.1, 0.15) is 5.82 Å². The van der Waals surface area contributed by atoms with E-state index in [0.717, 1.165) is 18.4 Å². The van der Waals surface area contributed by atoms with Crippen LogP contribution < -0.4 is 5.32 Å². The summed E-state index contributed by atoms with van der Waals surface area (Å²) >= 11 is 0. The van der Waals surface area contributed by atoms with Crippen molar-refractivity contribution in [1.82, 2.24) is 5.32 Å². The smallest absolute Gasteiger partial charge is 0.123 e. The molecule has 0 saturated carbocycles. The molecule has 92 valence electrons. The van der Waals surface area contributed by atoms with Crippen molar-refractivity contribution >= 4 is 0 Å². The van der Waals surface area contributed by atoms with Crippen LogP contribution in [0.4, 0.5) is 4.39 Å². The van der Waals surface area contributed by atoms with Gasteiger partial charge in [-0.2, -0.15) is 0 Å². The standard InChI is InChI=1S/C14H18FNO/c15-11-3-1-2-9(6-11)14(17)10-7-12-4-5-13(8-10)16-12/h1-3,6,10,12-14,16-17H,4-5,7-8H2. The van der Waals surface area contributed by atoms with Crippen LogP contribution in [0.1, 0.15) is 37.4 Å². The van der Waals surface area contributed by atoms with Gasteiger partial charge >= 0.3 is 0 Å². The highest BCUT2D eigenvalue weighted by atomic mass is 19.1. The predicted molar refractivity (Wildman–Crippen MR) is 64.0 cm³/mol. The van der Waals surface area contributed by atoms with E-state index in [1.165, 1.54) is 25.0 Å².